The summed E-state index contributed by atoms with van der Waals surface area (Å²) in [5.74, 6) is 0.648. The summed E-state index contributed by atoms with van der Waals surface area (Å²) in [7, 11) is -2.21. The van der Waals surface area contributed by atoms with Crippen LogP contribution < -0.4 is 15.2 Å². The third-order valence-electron chi connectivity index (χ3n) is 4.50. The van der Waals surface area contributed by atoms with Crippen LogP contribution in [0.3, 0.4) is 0 Å². The van der Waals surface area contributed by atoms with Crippen molar-refractivity contribution in [3.05, 3.63) is 72.6 Å². The number of nitrogens with zero attached hydrogens (tertiary/aromatic N) is 1. The molecule has 0 amide bonds. The molecule has 0 radical (unpaired) electrons. The van der Waals surface area contributed by atoms with Crippen LogP contribution in [-0.2, 0) is 15.6 Å². The fourth-order valence-corrected chi connectivity index (χ4v) is 4.57. The summed E-state index contributed by atoms with van der Waals surface area (Å²) in [5, 5.41) is 0. The molecule has 146 valence electrons. The molecule has 0 spiro atoms. The van der Waals surface area contributed by atoms with Gasteiger partial charge in [-0.05, 0) is 49.2 Å². The molecular weight excluding hydrogens is 374 g/mol. The van der Waals surface area contributed by atoms with Crippen LogP contribution >= 0.6 is 0 Å². The van der Waals surface area contributed by atoms with E-state index in [-0.39, 0.29) is 10.6 Å². The molecule has 0 aliphatic heterocycles. The maximum Gasteiger partial charge on any atom is 0.243 e. The van der Waals surface area contributed by atoms with Gasteiger partial charge in [-0.1, -0.05) is 30.3 Å². The predicted octanol–water partition coefficient (Wildman–Crippen LogP) is 3.55. The number of pyridine rings is 1. The number of aromatic nitrogens is 1. The molecule has 1 aromatic heterocycles. The molecule has 0 fully saturated rings. The van der Waals surface area contributed by atoms with Gasteiger partial charge in [0.05, 0.1) is 24.5 Å². The van der Waals surface area contributed by atoms with Crippen LogP contribution in [0.4, 0.5) is 5.69 Å². The summed E-state index contributed by atoms with van der Waals surface area (Å²) in [6.07, 6.45) is 3.34. The fraction of sp³-hybridized carbons (Fsp3) is 0.190. The number of nitrogens with one attached hydrogen (secondary N) is 1. The normalized spacial score (nSPS) is 12.0. The minimum atomic E-state index is -3.80. The lowest BCUT2D eigenvalue weighted by Gasteiger charge is -2.27. The second-order valence-electron chi connectivity index (χ2n) is 6.93. The molecule has 0 aliphatic carbocycles. The zero-order chi connectivity index (χ0) is 20.4. The van der Waals surface area contributed by atoms with Gasteiger partial charge in [-0.3, -0.25) is 4.98 Å². The van der Waals surface area contributed by atoms with Gasteiger partial charge in [-0.15, -0.1) is 0 Å². The molecule has 2 aromatic carbocycles. The fourth-order valence-electron chi connectivity index (χ4n) is 3.03. The number of rotatable bonds is 6. The van der Waals surface area contributed by atoms with Crippen molar-refractivity contribution in [2.45, 2.75) is 24.3 Å². The first-order valence-electron chi connectivity index (χ1n) is 8.72. The van der Waals surface area contributed by atoms with E-state index in [2.05, 4.69) is 9.71 Å². The lowest BCUT2D eigenvalue weighted by molar-refractivity contribution is 0.414. The predicted molar refractivity (Wildman–Crippen MR) is 110 cm³/mol. The number of nitrogens with two attached hydrogens (primary N) is 1. The van der Waals surface area contributed by atoms with Gasteiger partial charge < -0.3 is 10.5 Å². The maximum atomic E-state index is 12.9. The average Bonchev–Trinajstić information content (AvgIpc) is 2.67. The number of methoxy groups -OCH3 is 1. The van der Waals surface area contributed by atoms with Crippen molar-refractivity contribution in [3.8, 4) is 16.9 Å². The Labute approximate surface area is 165 Å². The SMILES string of the molecule is COc1cnccc1-c1cccc(C(C)(C)NS(=O)(=O)c2ccccc2N)c1. The molecule has 0 bridgehead atoms. The smallest absolute Gasteiger partial charge is 0.243 e. The van der Waals surface area contributed by atoms with Crippen molar-refractivity contribution < 1.29 is 13.2 Å². The summed E-state index contributed by atoms with van der Waals surface area (Å²) in [4.78, 5) is 4.14. The highest BCUT2D eigenvalue weighted by atomic mass is 32.2. The minimum absolute atomic E-state index is 0.0648. The zero-order valence-corrected chi connectivity index (χ0v) is 16.8. The van der Waals surface area contributed by atoms with Gasteiger partial charge in [0.2, 0.25) is 10.0 Å². The first-order valence-corrected chi connectivity index (χ1v) is 10.2. The summed E-state index contributed by atoms with van der Waals surface area (Å²) in [6.45, 7) is 3.62. The molecule has 0 saturated carbocycles. The van der Waals surface area contributed by atoms with E-state index >= 15 is 0 Å². The summed E-state index contributed by atoms with van der Waals surface area (Å²) < 4.78 is 33.9. The van der Waals surface area contributed by atoms with Crippen molar-refractivity contribution in [3.63, 3.8) is 0 Å². The molecule has 0 aliphatic rings. The Morgan fingerprint density at radius 2 is 1.82 bits per heavy atom. The molecule has 0 saturated heterocycles. The quantitative estimate of drug-likeness (QED) is 0.620. The first-order chi connectivity index (χ1) is 13.2. The number of nitrogen functional groups attached to an aromatic ring is 1. The lowest BCUT2D eigenvalue weighted by Crippen LogP contribution is -2.41. The van der Waals surface area contributed by atoms with E-state index in [4.69, 9.17) is 10.5 Å². The molecule has 1 heterocycles. The van der Waals surface area contributed by atoms with Crippen LogP contribution in [0.25, 0.3) is 11.1 Å². The van der Waals surface area contributed by atoms with Gasteiger partial charge in [0.15, 0.2) is 0 Å². The van der Waals surface area contributed by atoms with Crippen molar-refractivity contribution >= 4 is 15.7 Å². The van der Waals surface area contributed by atoms with Crippen LogP contribution in [0, 0.1) is 0 Å². The van der Waals surface area contributed by atoms with E-state index in [1.54, 1.807) is 37.7 Å². The van der Waals surface area contributed by atoms with E-state index in [9.17, 15) is 8.42 Å². The number of hydrogen-bond donors (Lipinski definition) is 2. The standard InChI is InChI=1S/C21H23N3O3S/c1-21(2,24-28(25,26)20-10-5-4-9-18(20)22)16-8-6-7-15(13-16)17-11-12-23-14-19(17)27-3/h4-14,24H,22H2,1-3H3. The molecular formula is C21H23N3O3S. The van der Waals surface area contributed by atoms with Gasteiger partial charge in [0.25, 0.3) is 0 Å². The van der Waals surface area contributed by atoms with E-state index in [0.717, 1.165) is 16.7 Å². The van der Waals surface area contributed by atoms with Crippen molar-refractivity contribution in [1.29, 1.82) is 0 Å². The average molecular weight is 398 g/mol. The van der Waals surface area contributed by atoms with Crippen molar-refractivity contribution in [1.82, 2.24) is 9.71 Å². The second-order valence-corrected chi connectivity index (χ2v) is 8.58. The molecule has 0 atom stereocenters. The Kier molecular flexibility index (Phi) is 5.40. The van der Waals surface area contributed by atoms with E-state index in [1.165, 1.54) is 6.07 Å². The number of ether oxygens (including phenoxy) is 1. The highest BCUT2D eigenvalue weighted by Gasteiger charge is 2.29. The first kappa shape index (κ1) is 19.9. The number of anilines is 1. The monoisotopic (exact) mass is 397 g/mol. The highest BCUT2D eigenvalue weighted by Crippen LogP contribution is 2.32. The van der Waals surface area contributed by atoms with Gasteiger partial charge in [-0.2, -0.15) is 0 Å². The van der Waals surface area contributed by atoms with Gasteiger partial charge in [0.1, 0.15) is 10.6 Å². The summed E-state index contributed by atoms with van der Waals surface area (Å²) in [5.41, 5.74) is 7.80. The van der Waals surface area contributed by atoms with Gasteiger partial charge in [-0.25, -0.2) is 13.1 Å². The second kappa shape index (κ2) is 7.61. The summed E-state index contributed by atoms with van der Waals surface area (Å²) >= 11 is 0. The Bertz CT molecular complexity index is 1100. The topological polar surface area (TPSA) is 94.3 Å². The molecule has 7 heteroatoms. The molecule has 3 N–H and O–H groups in total. The number of para-hydroxylation sites is 1. The van der Waals surface area contributed by atoms with Gasteiger partial charge >= 0.3 is 0 Å². The van der Waals surface area contributed by atoms with Crippen LogP contribution in [0.1, 0.15) is 19.4 Å². The minimum Gasteiger partial charge on any atom is -0.494 e. The third-order valence-corrected chi connectivity index (χ3v) is 6.23. The molecule has 6 nitrogen and oxygen atoms in total. The number of hydrogen-bond acceptors (Lipinski definition) is 5. The molecule has 3 rings (SSSR count). The van der Waals surface area contributed by atoms with E-state index in [0.29, 0.717) is 5.75 Å². The zero-order valence-electron chi connectivity index (χ0n) is 16.0. The largest absolute Gasteiger partial charge is 0.494 e. The van der Waals surface area contributed by atoms with Crippen LogP contribution in [0.2, 0.25) is 0 Å². The Hall–Kier alpha value is -2.90. The Morgan fingerprint density at radius 1 is 1.07 bits per heavy atom. The van der Waals surface area contributed by atoms with Crippen molar-refractivity contribution in [2.75, 3.05) is 12.8 Å². The maximum absolute atomic E-state index is 12.9. The lowest BCUT2D eigenvalue weighted by atomic mass is 9.92. The molecule has 3 aromatic rings. The van der Waals surface area contributed by atoms with Crippen molar-refractivity contribution in [2.24, 2.45) is 0 Å². The number of benzene rings is 2. The summed E-state index contributed by atoms with van der Waals surface area (Å²) in [6, 6.07) is 15.9. The van der Waals surface area contributed by atoms with E-state index in [1.807, 2.05) is 44.2 Å². The Morgan fingerprint density at radius 3 is 2.54 bits per heavy atom. The number of sulfonamides is 1. The molecule has 28 heavy (non-hydrogen) atoms. The third kappa shape index (κ3) is 4.00. The van der Waals surface area contributed by atoms with Crippen LogP contribution in [0.5, 0.6) is 5.75 Å². The highest BCUT2D eigenvalue weighted by molar-refractivity contribution is 7.89. The van der Waals surface area contributed by atoms with Crippen LogP contribution in [-0.4, -0.2) is 20.5 Å². The Balaban J connectivity index is 1.98. The van der Waals surface area contributed by atoms with E-state index < -0.39 is 15.6 Å². The van der Waals surface area contributed by atoms with Crippen LogP contribution in [0.15, 0.2) is 71.9 Å². The molecule has 0 unspecified atom stereocenters. The van der Waals surface area contributed by atoms with Gasteiger partial charge in [0, 0.05) is 11.8 Å².